The Morgan fingerprint density at radius 3 is 2.54 bits per heavy atom. The third-order valence-corrected chi connectivity index (χ3v) is 3.65. The summed E-state index contributed by atoms with van der Waals surface area (Å²) in [4.78, 5) is 12.2. The number of aryl methyl sites for hydroxylation is 1. The van der Waals surface area contributed by atoms with Gasteiger partial charge in [-0.15, -0.1) is 10.2 Å². The van der Waals surface area contributed by atoms with E-state index in [-0.39, 0.29) is 17.2 Å². The van der Waals surface area contributed by atoms with Crippen LogP contribution in [0.1, 0.15) is 21.5 Å². The van der Waals surface area contributed by atoms with E-state index in [9.17, 15) is 18.0 Å². The number of halogens is 3. The van der Waals surface area contributed by atoms with Gasteiger partial charge in [-0.25, -0.2) is 4.79 Å². The van der Waals surface area contributed by atoms with Crippen LogP contribution >= 0.6 is 0 Å². The summed E-state index contributed by atoms with van der Waals surface area (Å²) in [6, 6.07) is 9.42. The molecule has 0 unspecified atom stereocenters. The van der Waals surface area contributed by atoms with Gasteiger partial charge in [-0.1, -0.05) is 18.2 Å². The van der Waals surface area contributed by atoms with Gasteiger partial charge in [0.1, 0.15) is 11.3 Å². The van der Waals surface area contributed by atoms with Crippen LogP contribution in [0.3, 0.4) is 0 Å². The number of ether oxygens (including phenoxy) is 2. The van der Waals surface area contributed by atoms with E-state index in [1.54, 1.807) is 18.2 Å². The van der Waals surface area contributed by atoms with Crippen molar-refractivity contribution in [2.24, 2.45) is 0 Å². The maximum Gasteiger partial charge on any atom is 0.416 e. The fraction of sp³-hybridized carbons (Fsp3) is 0.167. The van der Waals surface area contributed by atoms with E-state index in [0.29, 0.717) is 10.9 Å². The SMILES string of the molecule is COC(=O)c1c(Oc2cccc(C(F)(F)F)c2)nnc2cc(C)ccc12. The molecule has 0 atom stereocenters. The predicted octanol–water partition coefficient (Wildman–Crippen LogP) is 4.54. The maximum atomic E-state index is 12.9. The molecule has 3 aromatic rings. The third-order valence-electron chi connectivity index (χ3n) is 3.65. The molecule has 0 fully saturated rings. The lowest BCUT2D eigenvalue weighted by molar-refractivity contribution is -0.137. The van der Waals surface area contributed by atoms with Gasteiger partial charge in [0, 0.05) is 5.39 Å². The van der Waals surface area contributed by atoms with Crippen LogP contribution in [0.15, 0.2) is 42.5 Å². The minimum Gasteiger partial charge on any atom is -0.465 e. The van der Waals surface area contributed by atoms with Gasteiger partial charge in [-0.2, -0.15) is 13.2 Å². The van der Waals surface area contributed by atoms with Gasteiger partial charge < -0.3 is 9.47 Å². The van der Waals surface area contributed by atoms with E-state index in [4.69, 9.17) is 9.47 Å². The Morgan fingerprint density at radius 2 is 1.85 bits per heavy atom. The standard InChI is InChI=1S/C18H13F3N2O3/c1-10-6-7-13-14(8-10)22-23-16(15(13)17(24)25-2)26-12-5-3-4-11(9-12)18(19,20)21/h3-9H,1-2H3. The zero-order chi connectivity index (χ0) is 18.9. The molecule has 5 nitrogen and oxygen atoms in total. The monoisotopic (exact) mass is 362 g/mol. The third kappa shape index (κ3) is 3.44. The van der Waals surface area contributed by atoms with Crippen molar-refractivity contribution in [2.75, 3.05) is 7.11 Å². The molecule has 0 amide bonds. The van der Waals surface area contributed by atoms with Gasteiger partial charge in [0.15, 0.2) is 0 Å². The summed E-state index contributed by atoms with van der Waals surface area (Å²) in [5, 5.41) is 8.26. The van der Waals surface area contributed by atoms with Gasteiger partial charge in [-0.05, 0) is 36.8 Å². The molecule has 0 aliphatic carbocycles. The van der Waals surface area contributed by atoms with E-state index in [2.05, 4.69) is 10.2 Å². The van der Waals surface area contributed by atoms with Crippen LogP contribution in [0.25, 0.3) is 10.9 Å². The van der Waals surface area contributed by atoms with Crippen LogP contribution < -0.4 is 4.74 Å². The summed E-state index contributed by atoms with van der Waals surface area (Å²) in [6.45, 7) is 1.85. The van der Waals surface area contributed by atoms with Gasteiger partial charge in [0.05, 0.1) is 18.2 Å². The number of fused-ring (bicyclic) bond motifs is 1. The first kappa shape index (κ1) is 17.7. The lowest BCUT2D eigenvalue weighted by Gasteiger charge is -2.12. The fourth-order valence-electron chi connectivity index (χ4n) is 2.42. The number of esters is 1. The molecule has 3 rings (SSSR count). The molecule has 0 saturated carbocycles. The second-order valence-electron chi connectivity index (χ2n) is 5.52. The highest BCUT2D eigenvalue weighted by Gasteiger charge is 2.31. The number of nitrogens with zero attached hydrogens (tertiary/aromatic N) is 2. The van der Waals surface area contributed by atoms with Crippen LogP contribution in [0.2, 0.25) is 0 Å². The summed E-state index contributed by atoms with van der Waals surface area (Å²) < 4.78 is 48.8. The lowest BCUT2D eigenvalue weighted by atomic mass is 10.1. The van der Waals surface area contributed by atoms with Gasteiger partial charge in [-0.3, -0.25) is 0 Å². The molecule has 134 valence electrons. The first-order chi connectivity index (χ1) is 12.3. The first-order valence-electron chi connectivity index (χ1n) is 7.50. The number of carbonyl (C=O) groups excluding carboxylic acids is 1. The highest BCUT2D eigenvalue weighted by Crippen LogP contribution is 2.34. The smallest absolute Gasteiger partial charge is 0.416 e. The van der Waals surface area contributed by atoms with Crippen molar-refractivity contribution >= 4 is 16.9 Å². The molecule has 0 aliphatic rings. The molecule has 0 radical (unpaired) electrons. The lowest BCUT2D eigenvalue weighted by Crippen LogP contribution is -2.08. The number of methoxy groups -OCH3 is 1. The number of hydrogen-bond acceptors (Lipinski definition) is 5. The molecular weight excluding hydrogens is 349 g/mol. The molecule has 1 heterocycles. The van der Waals surface area contributed by atoms with Crippen molar-refractivity contribution in [3.8, 4) is 11.6 Å². The molecule has 0 spiro atoms. The van der Waals surface area contributed by atoms with Crippen LogP contribution in [0.4, 0.5) is 13.2 Å². The summed E-state index contributed by atoms with van der Waals surface area (Å²) in [6.07, 6.45) is -4.52. The summed E-state index contributed by atoms with van der Waals surface area (Å²) >= 11 is 0. The second-order valence-corrected chi connectivity index (χ2v) is 5.52. The zero-order valence-corrected chi connectivity index (χ0v) is 13.8. The fourth-order valence-corrected chi connectivity index (χ4v) is 2.42. The number of hydrogen-bond donors (Lipinski definition) is 0. The molecule has 0 bridgehead atoms. The van der Waals surface area contributed by atoms with E-state index in [1.807, 2.05) is 6.92 Å². The maximum absolute atomic E-state index is 12.9. The van der Waals surface area contributed by atoms with Crippen molar-refractivity contribution < 1.29 is 27.4 Å². The van der Waals surface area contributed by atoms with E-state index in [1.165, 1.54) is 19.2 Å². The number of alkyl halides is 3. The normalized spacial score (nSPS) is 11.4. The van der Waals surface area contributed by atoms with Crippen LogP contribution in [-0.4, -0.2) is 23.3 Å². The highest BCUT2D eigenvalue weighted by molar-refractivity contribution is 6.05. The largest absolute Gasteiger partial charge is 0.465 e. The summed E-state index contributed by atoms with van der Waals surface area (Å²) in [7, 11) is 1.19. The van der Waals surface area contributed by atoms with E-state index < -0.39 is 17.7 Å². The molecule has 0 N–H and O–H groups in total. The Bertz CT molecular complexity index is 987. The number of aromatic nitrogens is 2. The van der Waals surface area contributed by atoms with Crippen molar-refractivity contribution in [2.45, 2.75) is 13.1 Å². The Balaban J connectivity index is 2.10. The Morgan fingerprint density at radius 1 is 1.08 bits per heavy atom. The average molecular weight is 362 g/mol. The predicted molar refractivity (Wildman–Crippen MR) is 87.1 cm³/mol. The van der Waals surface area contributed by atoms with Crippen molar-refractivity contribution in [1.82, 2.24) is 10.2 Å². The minimum atomic E-state index is -4.52. The first-order valence-corrected chi connectivity index (χ1v) is 7.50. The van der Waals surface area contributed by atoms with Crippen molar-refractivity contribution in [3.63, 3.8) is 0 Å². The van der Waals surface area contributed by atoms with Crippen LogP contribution in [-0.2, 0) is 10.9 Å². The van der Waals surface area contributed by atoms with Crippen molar-refractivity contribution in [3.05, 3.63) is 59.2 Å². The molecule has 8 heteroatoms. The Kier molecular flexibility index (Phi) is 4.50. The summed E-state index contributed by atoms with van der Waals surface area (Å²) in [5.41, 5.74) is 0.477. The minimum absolute atomic E-state index is 0.00471. The van der Waals surface area contributed by atoms with Gasteiger partial charge >= 0.3 is 12.1 Å². The van der Waals surface area contributed by atoms with Gasteiger partial charge in [0.25, 0.3) is 5.88 Å². The number of rotatable bonds is 3. The Hall–Kier alpha value is -3.16. The van der Waals surface area contributed by atoms with Gasteiger partial charge in [0.2, 0.25) is 0 Å². The number of carbonyl (C=O) groups is 1. The zero-order valence-electron chi connectivity index (χ0n) is 13.8. The average Bonchev–Trinajstić information content (AvgIpc) is 2.60. The topological polar surface area (TPSA) is 61.3 Å². The molecule has 2 aromatic carbocycles. The summed E-state index contributed by atoms with van der Waals surface area (Å²) in [5.74, 6) is -1.08. The highest BCUT2D eigenvalue weighted by atomic mass is 19.4. The van der Waals surface area contributed by atoms with Crippen LogP contribution in [0.5, 0.6) is 11.6 Å². The number of benzene rings is 2. The van der Waals surface area contributed by atoms with Crippen molar-refractivity contribution in [1.29, 1.82) is 0 Å². The quantitative estimate of drug-likeness (QED) is 0.641. The second kappa shape index (κ2) is 6.62. The van der Waals surface area contributed by atoms with Crippen LogP contribution in [0, 0.1) is 6.92 Å². The molecule has 26 heavy (non-hydrogen) atoms. The molecular formula is C18H13F3N2O3. The molecule has 0 saturated heterocycles. The molecule has 1 aromatic heterocycles. The molecule has 0 aliphatic heterocycles. The Labute approximate surface area is 146 Å². The van der Waals surface area contributed by atoms with E-state index in [0.717, 1.165) is 17.7 Å². The van der Waals surface area contributed by atoms with E-state index >= 15 is 0 Å².